The Labute approximate surface area is 210 Å². The number of ether oxygens (including phenoxy) is 1. The minimum absolute atomic E-state index is 0.0776. The first-order valence-electron chi connectivity index (χ1n) is 11.6. The number of nitriles is 1. The van der Waals surface area contributed by atoms with Gasteiger partial charge in [-0.15, -0.1) is 0 Å². The van der Waals surface area contributed by atoms with Crippen LogP contribution in [0.15, 0.2) is 48.7 Å². The van der Waals surface area contributed by atoms with E-state index < -0.39 is 29.8 Å². The minimum atomic E-state index is -4.21. The average molecular weight is 509 g/mol. The third-order valence-electron chi connectivity index (χ3n) is 6.78. The highest BCUT2D eigenvalue weighted by molar-refractivity contribution is 6.13. The molecule has 1 aromatic heterocycles. The largest absolute Gasteiger partial charge is 0.495 e. The van der Waals surface area contributed by atoms with Gasteiger partial charge in [0.2, 0.25) is 0 Å². The number of amides is 2. The number of hydrogen-bond acceptors (Lipinski definition) is 5. The van der Waals surface area contributed by atoms with Crippen LogP contribution >= 0.6 is 0 Å². The number of fused-ring (bicyclic) bond motifs is 1. The van der Waals surface area contributed by atoms with Crippen LogP contribution in [0.5, 0.6) is 5.75 Å². The molecule has 1 aliphatic heterocycles. The van der Waals surface area contributed by atoms with Crippen LogP contribution in [-0.2, 0) is 6.54 Å². The minimum Gasteiger partial charge on any atom is -0.495 e. The molecular formula is C26H22F3N5O3. The topological polar surface area (TPSA) is 100 Å². The molecule has 11 heteroatoms. The Morgan fingerprint density at radius 3 is 2.57 bits per heavy atom. The van der Waals surface area contributed by atoms with Gasteiger partial charge in [-0.25, -0.2) is 0 Å². The molecule has 3 atom stereocenters. The number of rotatable bonds is 5. The number of carbonyl (C=O) groups is 2. The second-order valence-corrected chi connectivity index (χ2v) is 9.18. The summed E-state index contributed by atoms with van der Waals surface area (Å²) in [6.45, 7) is 2.20. The molecule has 37 heavy (non-hydrogen) atoms. The van der Waals surface area contributed by atoms with Crippen molar-refractivity contribution in [3.05, 3.63) is 71.0 Å². The van der Waals surface area contributed by atoms with Gasteiger partial charge in [-0.3, -0.25) is 14.3 Å². The SMILES string of the molecule is COc1ccc(C(=O)Nc2cnn3c2C(=O)N(c2ccc([C@H]4C[C@@H]4C(F)(F)F)cc2)C(C)C3)cc1C#N. The summed E-state index contributed by atoms with van der Waals surface area (Å²) < 4.78 is 45.5. The van der Waals surface area contributed by atoms with Gasteiger partial charge < -0.3 is 15.0 Å². The van der Waals surface area contributed by atoms with Gasteiger partial charge in [-0.05, 0) is 55.2 Å². The predicted molar refractivity (Wildman–Crippen MR) is 128 cm³/mol. The van der Waals surface area contributed by atoms with E-state index in [1.54, 1.807) is 29.2 Å². The normalized spacial score (nSPS) is 20.7. The Kier molecular flexibility index (Phi) is 5.90. The van der Waals surface area contributed by atoms with Crippen LogP contribution in [0.4, 0.5) is 24.5 Å². The Bertz CT molecular complexity index is 1420. The fraction of sp³-hybridized carbons (Fsp3) is 0.308. The van der Waals surface area contributed by atoms with E-state index in [2.05, 4.69) is 10.4 Å². The lowest BCUT2D eigenvalue weighted by molar-refractivity contribution is -0.148. The molecule has 1 aliphatic carbocycles. The second-order valence-electron chi connectivity index (χ2n) is 9.18. The van der Waals surface area contributed by atoms with Crippen molar-refractivity contribution in [3.8, 4) is 11.8 Å². The number of anilines is 2. The first kappa shape index (κ1) is 24.4. The highest BCUT2D eigenvalue weighted by atomic mass is 19.4. The number of methoxy groups -OCH3 is 1. The number of halogens is 3. The van der Waals surface area contributed by atoms with Crippen molar-refractivity contribution < 1.29 is 27.5 Å². The van der Waals surface area contributed by atoms with Crippen LogP contribution in [0, 0.1) is 17.2 Å². The summed E-state index contributed by atoms with van der Waals surface area (Å²) in [5.74, 6) is -2.45. The monoisotopic (exact) mass is 509 g/mol. The molecule has 1 saturated carbocycles. The number of aromatic nitrogens is 2. The van der Waals surface area contributed by atoms with Crippen LogP contribution in [-0.4, -0.2) is 40.9 Å². The van der Waals surface area contributed by atoms with Crippen LogP contribution in [0.2, 0.25) is 0 Å². The lowest BCUT2D eigenvalue weighted by Crippen LogP contribution is -2.47. The van der Waals surface area contributed by atoms with E-state index in [-0.39, 0.29) is 35.0 Å². The number of alkyl halides is 3. The van der Waals surface area contributed by atoms with Crippen molar-refractivity contribution >= 4 is 23.2 Å². The zero-order valence-corrected chi connectivity index (χ0v) is 19.9. The molecule has 2 aromatic carbocycles. The Hall–Kier alpha value is -4.33. The van der Waals surface area contributed by atoms with Crippen molar-refractivity contribution in [1.29, 1.82) is 5.26 Å². The van der Waals surface area contributed by atoms with Gasteiger partial charge in [0.05, 0.1) is 43.1 Å². The van der Waals surface area contributed by atoms with Crippen molar-refractivity contribution in [2.45, 2.75) is 38.0 Å². The summed E-state index contributed by atoms with van der Waals surface area (Å²) in [5.41, 5.74) is 1.94. The molecule has 1 unspecified atom stereocenters. The summed E-state index contributed by atoms with van der Waals surface area (Å²) in [7, 11) is 1.42. The summed E-state index contributed by atoms with van der Waals surface area (Å²) in [6.07, 6.45) is -2.74. The van der Waals surface area contributed by atoms with Gasteiger partial charge in [0.25, 0.3) is 11.8 Å². The quantitative estimate of drug-likeness (QED) is 0.536. The first-order chi connectivity index (χ1) is 17.6. The van der Waals surface area contributed by atoms with Crippen molar-refractivity contribution in [2.24, 2.45) is 5.92 Å². The fourth-order valence-corrected chi connectivity index (χ4v) is 4.80. The van der Waals surface area contributed by atoms with E-state index in [9.17, 15) is 28.0 Å². The second kappa shape index (κ2) is 8.96. The molecule has 0 saturated heterocycles. The van der Waals surface area contributed by atoms with Gasteiger partial charge in [0, 0.05) is 11.3 Å². The van der Waals surface area contributed by atoms with E-state index in [4.69, 9.17) is 4.74 Å². The molecule has 2 amide bonds. The number of carbonyl (C=O) groups excluding carboxylic acids is 2. The van der Waals surface area contributed by atoms with Crippen LogP contribution in [0.1, 0.15) is 51.2 Å². The van der Waals surface area contributed by atoms with E-state index in [0.29, 0.717) is 23.5 Å². The Morgan fingerprint density at radius 2 is 1.95 bits per heavy atom. The Morgan fingerprint density at radius 1 is 1.22 bits per heavy atom. The van der Waals surface area contributed by atoms with Crippen molar-refractivity contribution in [1.82, 2.24) is 9.78 Å². The van der Waals surface area contributed by atoms with E-state index in [0.717, 1.165) is 0 Å². The van der Waals surface area contributed by atoms with Gasteiger partial charge in [-0.1, -0.05) is 12.1 Å². The number of nitrogens with one attached hydrogen (secondary N) is 1. The molecule has 1 N–H and O–H groups in total. The van der Waals surface area contributed by atoms with Crippen LogP contribution in [0.3, 0.4) is 0 Å². The van der Waals surface area contributed by atoms with E-state index in [1.807, 2.05) is 13.0 Å². The molecule has 0 bridgehead atoms. The smallest absolute Gasteiger partial charge is 0.392 e. The highest BCUT2D eigenvalue weighted by Gasteiger charge is 2.56. The lowest BCUT2D eigenvalue weighted by Gasteiger charge is -2.34. The molecule has 2 heterocycles. The molecule has 5 rings (SSSR count). The lowest BCUT2D eigenvalue weighted by atomic mass is 10.1. The molecule has 190 valence electrons. The summed E-state index contributed by atoms with van der Waals surface area (Å²) in [5, 5.41) is 16.2. The fourth-order valence-electron chi connectivity index (χ4n) is 4.80. The van der Waals surface area contributed by atoms with Crippen LogP contribution < -0.4 is 15.0 Å². The summed E-state index contributed by atoms with van der Waals surface area (Å²) in [6, 6.07) is 12.7. The first-order valence-corrected chi connectivity index (χ1v) is 11.6. The third kappa shape index (κ3) is 4.39. The molecule has 3 aromatic rings. The highest BCUT2D eigenvalue weighted by Crippen LogP contribution is 2.56. The maximum Gasteiger partial charge on any atom is 0.392 e. The number of benzene rings is 2. The zero-order valence-electron chi connectivity index (χ0n) is 19.9. The molecule has 0 radical (unpaired) electrons. The predicted octanol–water partition coefficient (Wildman–Crippen LogP) is 4.73. The number of nitrogens with zero attached hydrogens (tertiary/aromatic N) is 4. The standard InChI is InChI=1S/C26H22F3N5O3/c1-14-13-33-23(21(12-31-33)32-24(35)16-5-8-22(37-2)17(9-16)11-30)25(36)34(14)18-6-3-15(4-7-18)19-10-20(19)26(27,28)29/h3-9,12,14,19-20H,10,13H2,1-2H3,(H,32,35)/t14?,19-,20+/m1/s1. The molecular weight excluding hydrogens is 487 g/mol. The zero-order chi connectivity index (χ0) is 26.5. The van der Waals surface area contributed by atoms with E-state index >= 15 is 0 Å². The van der Waals surface area contributed by atoms with Gasteiger partial charge >= 0.3 is 6.18 Å². The van der Waals surface area contributed by atoms with Gasteiger partial charge in [0.15, 0.2) is 0 Å². The molecule has 0 spiro atoms. The maximum atomic E-state index is 13.5. The number of hydrogen-bond donors (Lipinski definition) is 1. The van der Waals surface area contributed by atoms with E-state index in [1.165, 1.54) is 36.2 Å². The van der Waals surface area contributed by atoms with Crippen LogP contribution in [0.25, 0.3) is 0 Å². The molecule has 1 fully saturated rings. The average Bonchev–Trinajstić information content (AvgIpc) is 3.60. The van der Waals surface area contributed by atoms with Gasteiger partial charge in [-0.2, -0.15) is 23.5 Å². The van der Waals surface area contributed by atoms with Crippen molar-refractivity contribution in [2.75, 3.05) is 17.3 Å². The third-order valence-corrected chi connectivity index (χ3v) is 6.78. The van der Waals surface area contributed by atoms with Crippen molar-refractivity contribution in [3.63, 3.8) is 0 Å². The maximum absolute atomic E-state index is 13.5. The summed E-state index contributed by atoms with van der Waals surface area (Å²) in [4.78, 5) is 28.0. The molecule has 8 nitrogen and oxygen atoms in total. The molecule has 2 aliphatic rings. The Balaban J connectivity index is 1.37. The van der Waals surface area contributed by atoms with Gasteiger partial charge in [0.1, 0.15) is 17.5 Å². The summed E-state index contributed by atoms with van der Waals surface area (Å²) >= 11 is 0.